The van der Waals surface area contributed by atoms with Crippen molar-refractivity contribution in [2.24, 2.45) is 0 Å². The maximum Gasteiger partial charge on any atom is 0.251 e. The van der Waals surface area contributed by atoms with Crippen LogP contribution < -0.4 is 19.5 Å². The second-order valence-electron chi connectivity index (χ2n) is 5.22. The molecule has 0 aliphatic heterocycles. The van der Waals surface area contributed by atoms with Gasteiger partial charge in [0.2, 0.25) is 0 Å². The molecule has 2 aromatic rings. The molecule has 2 aromatic carbocycles. The molecule has 0 atom stereocenters. The van der Waals surface area contributed by atoms with Crippen LogP contribution in [0.2, 0.25) is 0 Å². The van der Waals surface area contributed by atoms with Crippen LogP contribution in [-0.2, 0) is 6.61 Å². The summed E-state index contributed by atoms with van der Waals surface area (Å²) in [6, 6.07) is 12.7. The third-order valence-electron chi connectivity index (χ3n) is 3.47. The molecule has 5 heteroatoms. The van der Waals surface area contributed by atoms with Gasteiger partial charge in [-0.3, -0.25) is 4.79 Å². The Hall–Kier alpha value is -2.95. The minimum Gasteiger partial charge on any atom is -0.497 e. The van der Waals surface area contributed by atoms with Crippen LogP contribution in [0.15, 0.2) is 55.1 Å². The standard InChI is InChI=1S/C20H23NO4/c1-4-11-21-20(22)15-9-10-19(24-5-2)16(12-15)14-25-18-8-6-7-17(13-18)23-3/h4,6-10,12-13H,1,5,11,14H2,2-3H3,(H,21,22). The van der Waals surface area contributed by atoms with Crippen molar-refractivity contribution in [1.29, 1.82) is 0 Å². The smallest absolute Gasteiger partial charge is 0.251 e. The van der Waals surface area contributed by atoms with E-state index in [2.05, 4.69) is 11.9 Å². The molecule has 2 rings (SSSR count). The van der Waals surface area contributed by atoms with E-state index in [4.69, 9.17) is 14.2 Å². The van der Waals surface area contributed by atoms with Gasteiger partial charge >= 0.3 is 0 Å². The van der Waals surface area contributed by atoms with E-state index < -0.39 is 0 Å². The van der Waals surface area contributed by atoms with Crippen molar-refractivity contribution in [3.8, 4) is 17.2 Å². The summed E-state index contributed by atoms with van der Waals surface area (Å²) in [6.45, 7) is 6.75. The van der Waals surface area contributed by atoms with Crippen LogP contribution in [0.25, 0.3) is 0 Å². The van der Waals surface area contributed by atoms with Gasteiger partial charge in [0.05, 0.1) is 13.7 Å². The van der Waals surface area contributed by atoms with Crippen LogP contribution in [0.3, 0.4) is 0 Å². The second-order valence-corrected chi connectivity index (χ2v) is 5.22. The Bertz CT molecular complexity index is 727. The Labute approximate surface area is 148 Å². The lowest BCUT2D eigenvalue weighted by Gasteiger charge is -2.13. The summed E-state index contributed by atoms with van der Waals surface area (Å²) < 4.78 is 16.7. The molecule has 0 fully saturated rings. The van der Waals surface area contributed by atoms with Crippen LogP contribution in [0.5, 0.6) is 17.2 Å². The Morgan fingerprint density at radius 1 is 1.16 bits per heavy atom. The third kappa shape index (κ3) is 5.28. The van der Waals surface area contributed by atoms with E-state index in [1.165, 1.54) is 0 Å². The van der Waals surface area contributed by atoms with E-state index >= 15 is 0 Å². The average Bonchev–Trinajstić information content (AvgIpc) is 2.65. The second kappa shape index (κ2) is 9.37. The SMILES string of the molecule is C=CCNC(=O)c1ccc(OCC)c(COc2cccc(OC)c2)c1. The average molecular weight is 341 g/mol. The molecule has 0 spiro atoms. The molecule has 1 N–H and O–H groups in total. The molecule has 0 radical (unpaired) electrons. The van der Waals surface area contributed by atoms with E-state index in [-0.39, 0.29) is 12.5 Å². The fourth-order valence-corrected chi connectivity index (χ4v) is 2.25. The first-order valence-electron chi connectivity index (χ1n) is 8.09. The van der Waals surface area contributed by atoms with Crippen LogP contribution >= 0.6 is 0 Å². The summed E-state index contributed by atoms with van der Waals surface area (Å²) in [5, 5.41) is 2.76. The summed E-state index contributed by atoms with van der Waals surface area (Å²) >= 11 is 0. The predicted molar refractivity (Wildman–Crippen MR) is 97.5 cm³/mol. The lowest BCUT2D eigenvalue weighted by molar-refractivity contribution is 0.0958. The van der Waals surface area contributed by atoms with Crippen molar-refractivity contribution >= 4 is 5.91 Å². The monoisotopic (exact) mass is 341 g/mol. The number of hydrogen-bond acceptors (Lipinski definition) is 4. The zero-order valence-electron chi connectivity index (χ0n) is 14.6. The van der Waals surface area contributed by atoms with Gasteiger partial charge < -0.3 is 19.5 Å². The number of nitrogens with one attached hydrogen (secondary N) is 1. The fraction of sp³-hybridized carbons (Fsp3) is 0.250. The molecule has 25 heavy (non-hydrogen) atoms. The van der Waals surface area contributed by atoms with E-state index in [1.54, 1.807) is 37.5 Å². The van der Waals surface area contributed by atoms with Crippen molar-refractivity contribution in [1.82, 2.24) is 5.32 Å². The molecule has 0 aliphatic carbocycles. The fourth-order valence-electron chi connectivity index (χ4n) is 2.25. The largest absolute Gasteiger partial charge is 0.497 e. The zero-order valence-corrected chi connectivity index (χ0v) is 14.6. The van der Waals surface area contributed by atoms with Crippen LogP contribution in [0.1, 0.15) is 22.8 Å². The summed E-state index contributed by atoms with van der Waals surface area (Å²) in [5.41, 5.74) is 1.35. The minimum atomic E-state index is -0.162. The molecule has 0 aromatic heterocycles. The van der Waals surface area contributed by atoms with Crippen molar-refractivity contribution in [3.63, 3.8) is 0 Å². The van der Waals surface area contributed by atoms with E-state index in [9.17, 15) is 4.79 Å². The predicted octanol–water partition coefficient (Wildman–Crippen LogP) is 3.59. The number of amides is 1. The van der Waals surface area contributed by atoms with Gasteiger partial charge in [-0.2, -0.15) is 0 Å². The highest BCUT2D eigenvalue weighted by Gasteiger charge is 2.11. The maximum absolute atomic E-state index is 12.1. The molecule has 0 aliphatic rings. The van der Waals surface area contributed by atoms with Crippen LogP contribution in [0.4, 0.5) is 0 Å². The van der Waals surface area contributed by atoms with E-state index in [1.807, 2.05) is 25.1 Å². The summed E-state index contributed by atoms with van der Waals surface area (Å²) in [7, 11) is 1.61. The number of hydrogen-bond donors (Lipinski definition) is 1. The van der Waals surface area contributed by atoms with Crippen LogP contribution in [-0.4, -0.2) is 26.2 Å². The van der Waals surface area contributed by atoms with Gasteiger partial charge in [0, 0.05) is 23.7 Å². The number of ether oxygens (including phenoxy) is 3. The molecule has 1 amide bonds. The minimum absolute atomic E-state index is 0.162. The lowest BCUT2D eigenvalue weighted by atomic mass is 10.1. The molecule has 5 nitrogen and oxygen atoms in total. The number of rotatable bonds is 9. The molecular formula is C20H23NO4. The number of methoxy groups -OCH3 is 1. The molecule has 0 heterocycles. The van der Waals surface area contributed by atoms with Crippen molar-refractivity contribution in [2.75, 3.05) is 20.3 Å². The lowest BCUT2D eigenvalue weighted by Crippen LogP contribution is -2.23. The van der Waals surface area contributed by atoms with Gasteiger partial charge in [-0.25, -0.2) is 0 Å². The van der Waals surface area contributed by atoms with Crippen molar-refractivity contribution in [2.45, 2.75) is 13.5 Å². The van der Waals surface area contributed by atoms with Crippen LogP contribution in [0, 0.1) is 0 Å². The quantitative estimate of drug-likeness (QED) is 0.708. The maximum atomic E-state index is 12.1. The summed E-state index contributed by atoms with van der Waals surface area (Å²) in [4.78, 5) is 12.1. The Morgan fingerprint density at radius 3 is 2.68 bits per heavy atom. The van der Waals surface area contributed by atoms with Crippen molar-refractivity contribution in [3.05, 3.63) is 66.2 Å². The molecule has 0 saturated carbocycles. The number of carbonyl (C=O) groups is 1. The number of carbonyl (C=O) groups excluding carboxylic acids is 1. The van der Waals surface area contributed by atoms with E-state index in [0.717, 1.165) is 11.3 Å². The van der Waals surface area contributed by atoms with Gasteiger partial charge in [-0.1, -0.05) is 12.1 Å². The highest BCUT2D eigenvalue weighted by atomic mass is 16.5. The summed E-state index contributed by atoms with van der Waals surface area (Å²) in [5.74, 6) is 1.94. The Morgan fingerprint density at radius 2 is 1.96 bits per heavy atom. The normalized spacial score (nSPS) is 10.0. The van der Waals surface area contributed by atoms with Gasteiger partial charge in [-0.15, -0.1) is 6.58 Å². The first-order chi connectivity index (χ1) is 12.2. The third-order valence-corrected chi connectivity index (χ3v) is 3.47. The highest BCUT2D eigenvalue weighted by molar-refractivity contribution is 5.94. The topological polar surface area (TPSA) is 56.8 Å². The molecule has 0 unspecified atom stereocenters. The van der Waals surface area contributed by atoms with Gasteiger partial charge in [0.25, 0.3) is 5.91 Å². The molecule has 132 valence electrons. The highest BCUT2D eigenvalue weighted by Crippen LogP contribution is 2.24. The first kappa shape index (κ1) is 18.4. The number of benzene rings is 2. The zero-order chi connectivity index (χ0) is 18.1. The molecule has 0 bridgehead atoms. The van der Waals surface area contributed by atoms with E-state index in [0.29, 0.717) is 30.2 Å². The van der Waals surface area contributed by atoms with Crippen molar-refractivity contribution < 1.29 is 19.0 Å². The van der Waals surface area contributed by atoms with Gasteiger partial charge in [0.15, 0.2) is 0 Å². The Kier molecular flexibility index (Phi) is 6.89. The Balaban J connectivity index is 2.17. The summed E-state index contributed by atoms with van der Waals surface area (Å²) in [6.07, 6.45) is 1.64. The van der Waals surface area contributed by atoms with Gasteiger partial charge in [0.1, 0.15) is 23.9 Å². The molecular weight excluding hydrogens is 318 g/mol. The molecule has 0 saturated heterocycles. The van der Waals surface area contributed by atoms with Gasteiger partial charge in [-0.05, 0) is 37.3 Å². The first-order valence-corrected chi connectivity index (χ1v) is 8.09.